The molecule has 0 atom stereocenters. The highest BCUT2D eigenvalue weighted by atomic mass is 19.4. The first-order valence-corrected chi connectivity index (χ1v) is 9.46. The molecule has 2 saturated heterocycles. The van der Waals surface area contributed by atoms with E-state index in [0.29, 0.717) is 18.5 Å². The molecule has 27 heavy (non-hydrogen) atoms. The van der Waals surface area contributed by atoms with Gasteiger partial charge in [-0.2, -0.15) is 13.2 Å². The van der Waals surface area contributed by atoms with Crippen molar-refractivity contribution in [3.8, 4) is 0 Å². The SMILES string of the molecule is O=C(NCC1CCN(C2CCOCC2)CC1)Nc1ccccc1C(F)(F)F. The highest BCUT2D eigenvalue weighted by Crippen LogP contribution is 2.34. The van der Waals surface area contributed by atoms with E-state index in [1.165, 1.54) is 18.2 Å². The van der Waals surface area contributed by atoms with Gasteiger partial charge in [0.25, 0.3) is 0 Å². The van der Waals surface area contributed by atoms with Gasteiger partial charge in [0.1, 0.15) is 0 Å². The van der Waals surface area contributed by atoms with Crippen LogP contribution in [0.25, 0.3) is 0 Å². The highest BCUT2D eigenvalue weighted by molar-refractivity contribution is 5.90. The van der Waals surface area contributed by atoms with E-state index in [2.05, 4.69) is 15.5 Å². The molecule has 2 N–H and O–H groups in total. The van der Waals surface area contributed by atoms with Gasteiger partial charge in [-0.3, -0.25) is 0 Å². The van der Waals surface area contributed by atoms with Crippen LogP contribution in [0.5, 0.6) is 0 Å². The molecule has 0 bridgehead atoms. The highest BCUT2D eigenvalue weighted by Gasteiger charge is 2.33. The van der Waals surface area contributed by atoms with Crippen LogP contribution in [0.1, 0.15) is 31.2 Å². The van der Waals surface area contributed by atoms with Crippen LogP contribution in [0.2, 0.25) is 0 Å². The predicted molar refractivity (Wildman–Crippen MR) is 96.6 cm³/mol. The number of para-hydroxylation sites is 1. The fourth-order valence-electron chi connectivity index (χ4n) is 3.82. The number of amides is 2. The second kappa shape index (κ2) is 8.93. The third-order valence-corrected chi connectivity index (χ3v) is 5.39. The number of nitrogens with one attached hydrogen (secondary N) is 2. The molecule has 0 radical (unpaired) electrons. The standard InChI is InChI=1S/C19H26F3N3O2/c20-19(21,22)16-3-1-2-4-17(16)24-18(26)23-13-14-5-9-25(10-6-14)15-7-11-27-12-8-15/h1-4,14-15H,5-13H2,(H2,23,24,26). The van der Waals surface area contributed by atoms with Crippen molar-refractivity contribution in [3.63, 3.8) is 0 Å². The van der Waals surface area contributed by atoms with Gasteiger partial charge in [-0.1, -0.05) is 12.1 Å². The Morgan fingerprint density at radius 1 is 1.11 bits per heavy atom. The van der Waals surface area contributed by atoms with E-state index < -0.39 is 17.8 Å². The predicted octanol–water partition coefficient (Wildman–Crippen LogP) is 3.72. The van der Waals surface area contributed by atoms with Crippen molar-refractivity contribution in [1.29, 1.82) is 0 Å². The molecule has 1 aromatic rings. The van der Waals surface area contributed by atoms with Crippen molar-refractivity contribution in [2.75, 3.05) is 38.2 Å². The number of rotatable bonds is 4. The van der Waals surface area contributed by atoms with Crippen molar-refractivity contribution in [1.82, 2.24) is 10.2 Å². The monoisotopic (exact) mass is 385 g/mol. The van der Waals surface area contributed by atoms with Crippen LogP contribution in [0.4, 0.5) is 23.7 Å². The van der Waals surface area contributed by atoms with Gasteiger partial charge in [0.15, 0.2) is 0 Å². The summed E-state index contributed by atoms with van der Waals surface area (Å²) in [4.78, 5) is 14.5. The van der Waals surface area contributed by atoms with Gasteiger partial charge in [-0.25, -0.2) is 4.79 Å². The molecule has 150 valence electrons. The number of halogens is 3. The third-order valence-electron chi connectivity index (χ3n) is 5.39. The van der Waals surface area contributed by atoms with Crippen LogP contribution in [0.15, 0.2) is 24.3 Å². The topological polar surface area (TPSA) is 53.6 Å². The van der Waals surface area contributed by atoms with Gasteiger partial charge in [-0.05, 0) is 56.8 Å². The number of benzene rings is 1. The van der Waals surface area contributed by atoms with E-state index in [-0.39, 0.29) is 5.69 Å². The van der Waals surface area contributed by atoms with Crippen LogP contribution >= 0.6 is 0 Å². The van der Waals surface area contributed by atoms with Gasteiger partial charge in [0.2, 0.25) is 0 Å². The molecule has 8 heteroatoms. The number of carbonyl (C=O) groups is 1. The fourth-order valence-corrected chi connectivity index (χ4v) is 3.82. The Balaban J connectivity index is 1.43. The summed E-state index contributed by atoms with van der Waals surface area (Å²) in [6.07, 6.45) is -0.387. The summed E-state index contributed by atoms with van der Waals surface area (Å²) in [5, 5.41) is 5.04. The number of likely N-dealkylation sites (tertiary alicyclic amines) is 1. The number of hydrogen-bond acceptors (Lipinski definition) is 3. The van der Waals surface area contributed by atoms with Crippen molar-refractivity contribution in [2.24, 2.45) is 5.92 Å². The number of carbonyl (C=O) groups excluding carboxylic acids is 1. The van der Waals surface area contributed by atoms with E-state index in [0.717, 1.165) is 58.1 Å². The molecular formula is C19H26F3N3O2. The molecule has 2 heterocycles. The van der Waals surface area contributed by atoms with Crippen molar-refractivity contribution >= 4 is 11.7 Å². The molecule has 0 aromatic heterocycles. The lowest BCUT2D eigenvalue weighted by Crippen LogP contribution is -2.46. The van der Waals surface area contributed by atoms with E-state index >= 15 is 0 Å². The minimum Gasteiger partial charge on any atom is -0.381 e. The zero-order chi connectivity index (χ0) is 19.3. The molecule has 0 spiro atoms. The Bertz CT molecular complexity index is 625. The van der Waals surface area contributed by atoms with Gasteiger partial charge < -0.3 is 20.3 Å². The molecule has 5 nitrogen and oxygen atoms in total. The minimum absolute atomic E-state index is 0.225. The van der Waals surface area contributed by atoms with E-state index in [1.807, 2.05) is 0 Å². The van der Waals surface area contributed by atoms with Crippen LogP contribution in [-0.2, 0) is 10.9 Å². The summed E-state index contributed by atoms with van der Waals surface area (Å²) < 4.78 is 44.3. The van der Waals surface area contributed by atoms with Crippen LogP contribution in [0, 0.1) is 5.92 Å². The smallest absolute Gasteiger partial charge is 0.381 e. The Morgan fingerprint density at radius 2 is 1.78 bits per heavy atom. The molecule has 0 unspecified atom stereocenters. The summed E-state index contributed by atoms with van der Waals surface area (Å²) in [6, 6.07) is 4.99. The zero-order valence-corrected chi connectivity index (χ0v) is 15.2. The Labute approximate surface area is 157 Å². The Kier molecular flexibility index (Phi) is 6.59. The van der Waals surface area contributed by atoms with E-state index in [9.17, 15) is 18.0 Å². The fraction of sp³-hybridized carbons (Fsp3) is 0.632. The summed E-state index contributed by atoms with van der Waals surface area (Å²) in [6.45, 7) is 4.12. The summed E-state index contributed by atoms with van der Waals surface area (Å²) in [5.41, 5.74) is -1.07. The van der Waals surface area contributed by atoms with Crippen molar-refractivity contribution in [3.05, 3.63) is 29.8 Å². The molecule has 2 fully saturated rings. The number of ether oxygens (including phenoxy) is 1. The summed E-state index contributed by atoms with van der Waals surface area (Å²) in [5.74, 6) is 0.352. The quantitative estimate of drug-likeness (QED) is 0.831. The zero-order valence-electron chi connectivity index (χ0n) is 15.2. The maximum atomic E-state index is 13.0. The lowest BCUT2D eigenvalue weighted by atomic mass is 9.94. The number of alkyl halides is 3. The van der Waals surface area contributed by atoms with E-state index in [4.69, 9.17) is 4.74 Å². The lowest BCUT2D eigenvalue weighted by Gasteiger charge is -2.39. The normalized spacial score (nSPS) is 20.4. The number of anilines is 1. The maximum Gasteiger partial charge on any atom is 0.418 e. The molecule has 1 aromatic carbocycles. The average Bonchev–Trinajstić information content (AvgIpc) is 2.67. The van der Waals surface area contributed by atoms with Crippen molar-refractivity contribution < 1.29 is 22.7 Å². The maximum absolute atomic E-state index is 13.0. The number of nitrogens with zero attached hydrogens (tertiary/aromatic N) is 1. The van der Waals surface area contributed by atoms with Crippen LogP contribution < -0.4 is 10.6 Å². The van der Waals surface area contributed by atoms with Crippen molar-refractivity contribution in [2.45, 2.75) is 37.9 Å². The number of urea groups is 1. The largest absolute Gasteiger partial charge is 0.418 e. The molecule has 0 saturated carbocycles. The first-order chi connectivity index (χ1) is 12.9. The van der Waals surface area contributed by atoms with Gasteiger partial charge in [0, 0.05) is 25.8 Å². The molecule has 2 aliphatic rings. The lowest BCUT2D eigenvalue weighted by molar-refractivity contribution is -0.136. The third kappa shape index (κ3) is 5.59. The molecule has 2 aliphatic heterocycles. The van der Waals surface area contributed by atoms with Gasteiger partial charge >= 0.3 is 12.2 Å². The minimum atomic E-state index is -4.50. The first kappa shape index (κ1) is 19.9. The molecule has 2 amide bonds. The van der Waals surface area contributed by atoms with Crippen LogP contribution in [-0.4, -0.2) is 49.8 Å². The second-order valence-corrected chi connectivity index (χ2v) is 7.20. The molecule has 0 aliphatic carbocycles. The second-order valence-electron chi connectivity index (χ2n) is 7.20. The van der Waals surface area contributed by atoms with Crippen LogP contribution in [0.3, 0.4) is 0 Å². The number of hydrogen-bond donors (Lipinski definition) is 2. The average molecular weight is 385 g/mol. The van der Waals surface area contributed by atoms with Gasteiger partial charge in [0.05, 0.1) is 11.3 Å². The Hall–Kier alpha value is -1.80. The molecule has 3 rings (SSSR count). The van der Waals surface area contributed by atoms with E-state index in [1.54, 1.807) is 0 Å². The summed E-state index contributed by atoms with van der Waals surface area (Å²) >= 11 is 0. The number of piperidine rings is 1. The molecular weight excluding hydrogens is 359 g/mol. The summed E-state index contributed by atoms with van der Waals surface area (Å²) in [7, 11) is 0. The Morgan fingerprint density at radius 3 is 2.44 bits per heavy atom. The first-order valence-electron chi connectivity index (χ1n) is 9.46. The van der Waals surface area contributed by atoms with Gasteiger partial charge in [-0.15, -0.1) is 0 Å².